The van der Waals surface area contributed by atoms with Crippen LogP contribution >= 0.6 is 0 Å². The van der Waals surface area contributed by atoms with Crippen LogP contribution in [0, 0.1) is 24.0 Å². The van der Waals surface area contributed by atoms with Gasteiger partial charge in [0.05, 0.1) is 21.2 Å². The molecule has 0 radical (unpaired) electrons. The first-order valence-electron chi connectivity index (χ1n) is 5.35. The molecule has 0 aliphatic rings. The summed E-state index contributed by atoms with van der Waals surface area (Å²) < 4.78 is 25.5. The number of rotatable bonds is 3. The SMILES string of the molecule is Cc1cc(C)n(S(=O)(=O)c2ccc([N+](=O)[O-])cc2)n1. The number of aryl methyl sites for hydroxylation is 2. The summed E-state index contributed by atoms with van der Waals surface area (Å²) in [6, 6.07) is 6.34. The van der Waals surface area contributed by atoms with Crippen LogP contribution in [-0.4, -0.2) is 22.5 Å². The molecule has 19 heavy (non-hydrogen) atoms. The number of non-ortho nitro benzene ring substituents is 1. The van der Waals surface area contributed by atoms with Gasteiger partial charge in [-0.2, -0.15) is 17.6 Å². The van der Waals surface area contributed by atoms with Crippen LogP contribution in [0.2, 0.25) is 0 Å². The number of nitro groups is 1. The van der Waals surface area contributed by atoms with Crippen molar-refractivity contribution in [3.63, 3.8) is 0 Å². The van der Waals surface area contributed by atoms with E-state index in [9.17, 15) is 18.5 Å². The summed E-state index contributed by atoms with van der Waals surface area (Å²) in [6.07, 6.45) is 0. The zero-order valence-corrected chi connectivity index (χ0v) is 11.1. The fraction of sp³-hybridized carbons (Fsp3) is 0.182. The summed E-state index contributed by atoms with van der Waals surface area (Å²) in [4.78, 5) is 9.91. The minimum absolute atomic E-state index is 0.0377. The Morgan fingerprint density at radius 3 is 2.21 bits per heavy atom. The maximum atomic E-state index is 12.3. The third-order valence-corrected chi connectivity index (χ3v) is 4.23. The average Bonchev–Trinajstić information content (AvgIpc) is 2.69. The fourth-order valence-corrected chi connectivity index (χ4v) is 3.04. The Morgan fingerprint density at radius 2 is 1.79 bits per heavy atom. The third kappa shape index (κ3) is 2.34. The van der Waals surface area contributed by atoms with Crippen molar-refractivity contribution in [2.45, 2.75) is 18.7 Å². The Morgan fingerprint density at radius 1 is 1.21 bits per heavy atom. The summed E-state index contributed by atoms with van der Waals surface area (Å²) in [7, 11) is -3.81. The van der Waals surface area contributed by atoms with Crippen LogP contribution in [-0.2, 0) is 10.0 Å². The van der Waals surface area contributed by atoms with E-state index in [1.54, 1.807) is 19.9 Å². The van der Waals surface area contributed by atoms with Gasteiger partial charge in [-0.3, -0.25) is 10.1 Å². The predicted molar refractivity (Wildman–Crippen MR) is 67.4 cm³/mol. The Hall–Kier alpha value is -2.22. The van der Waals surface area contributed by atoms with E-state index < -0.39 is 14.9 Å². The molecule has 7 nitrogen and oxygen atoms in total. The van der Waals surface area contributed by atoms with Crippen LogP contribution < -0.4 is 0 Å². The van der Waals surface area contributed by atoms with E-state index in [1.165, 1.54) is 12.1 Å². The zero-order valence-electron chi connectivity index (χ0n) is 10.3. The van der Waals surface area contributed by atoms with Gasteiger partial charge in [-0.25, -0.2) is 0 Å². The third-order valence-electron chi connectivity index (χ3n) is 2.54. The highest BCUT2D eigenvalue weighted by Crippen LogP contribution is 2.19. The number of benzene rings is 1. The molecule has 1 heterocycles. The molecule has 1 aromatic carbocycles. The van der Waals surface area contributed by atoms with Crippen LogP contribution in [0.25, 0.3) is 0 Å². The normalized spacial score (nSPS) is 11.5. The van der Waals surface area contributed by atoms with E-state index in [2.05, 4.69) is 5.10 Å². The summed E-state index contributed by atoms with van der Waals surface area (Å²) >= 11 is 0. The van der Waals surface area contributed by atoms with Crippen molar-refractivity contribution in [2.75, 3.05) is 0 Å². The molecule has 0 saturated heterocycles. The van der Waals surface area contributed by atoms with Gasteiger partial charge in [-0.05, 0) is 32.0 Å². The smallest absolute Gasteiger partial charge is 0.258 e. The van der Waals surface area contributed by atoms with Crippen molar-refractivity contribution < 1.29 is 13.3 Å². The van der Waals surface area contributed by atoms with E-state index >= 15 is 0 Å². The first-order valence-corrected chi connectivity index (χ1v) is 6.79. The van der Waals surface area contributed by atoms with Gasteiger partial charge >= 0.3 is 0 Å². The standard InChI is InChI=1S/C11H11N3O4S/c1-8-7-9(2)13(12-8)19(17,18)11-5-3-10(4-6-11)14(15)16/h3-7H,1-2H3. The molecule has 0 aliphatic carbocycles. The first kappa shape index (κ1) is 13.2. The summed E-state index contributed by atoms with van der Waals surface area (Å²) in [5.41, 5.74) is 0.908. The van der Waals surface area contributed by atoms with Crippen molar-refractivity contribution >= 4 is 15.7 Å². The van der Waals surface area contributed by atoms with Crippen molar-refractivity contribution in [2.24, 2.45) is 0 Å². The molecule has 0 fully saturated rings. The number of nitro benzene ring substituents is 1. The van der Waals surface area contributed by atoms with Gasteiger partial charge in [0.1, 0.15) is 0 Å². The van der Waals surface area contributed by atoms with Crippen molar-refractivity contribution in [3.05, 3.63) is 51.8 Å². The molecule has 2 aromatic rings. The highest BCUT2D eigenvalue weighted by molar-refractivity contribution is 7.89. The van der Waals surface area contributed by atoms with Crippen molar-refractivity contribution in [3.8, 4) is 0 Å². The second-order valence-electron chi connectivity index (χ2n) is 4.03. The first-order chi connectivity index (χ1) is 8.82. The number of aromatic nitrogens is 2. The van der Waals surface area contributed by atoms with Gasteiger partial charge < -0.3 is 0 Å². The Bertz CT molecular complexity index is 732. The van der Waals surface area contributed by atoms with Gasteiger partial charge in [0.15, 0.2) is 0 Å². The van der Waals surface area contributed by atoms with Crippen LogP contribution in [0.1, 0.15) is 11.4 Å². The predicted octanol–water partition coefficient (Wildman–Crippen LogP) is 1.65. The Kier molecular flexibility index (Phi) is 3.11. The molecule has 0 N–H and O–H groups in total. The average molecular weight is 281 g/mol. The van der Waals surface area contributed by atoms with Gasteiger partial charge in [-0.15, -0.1) is 0 Å². The van der Waals surface area contributed by atoms with Gasteiger partial charge in [0.25, 0.3) is 15.7 Å². The maximum absolute atomic E-state index is 12.3. The molecule has 1 aromatic heterocycles. The van der Waals surface area contributed by atoms with E-state index in [4.69, 9.17) is 0 Å². The zero-order chi connectivity index (χ0) is 14.2. The summed E-state index contributed by atoms with van der Waals surface area (Å²) in [6.45, 7) is 3.32. The molecule has 2 rings (SSSR count). The Labute approximate surface area is 109 Å². The van der Waals surface area contributed by atoms with Crippen LogP contribution in [0.4, 0.5) is 5.69 Å². The van der Waals surface area contributed by atoms with Crippen LogP contribution in [0.15, 0.2) is 35.2 Å². The minimum Gasteiger partial charge on any atom is -0.258 e. The van der Waals surface area contributed by atoms with E-state index in [1.807, 2.05) is 0 Å². The van der Waals surface area contributed by atoms with Crippen molar-refractivity contribution in [1.82, 2.24) is 9.19 Å². The molecule has 0 bridgehead atoms. The van der Waals surface area contributed by atoms with Crippen LogP contribution in [0.3, 0.4) is 0 Å². The quantitative estimate of drug-likeness (QED) is 0.629. The van der Waals surface area contributed by atoms with E-state index in [0.29, 0.717) is 11.4 Å². The number of hydrogen-bond acceptors (Lipinski definition) is 5. The molecule has 0 amide bonds. The second kappa shape index (κ2) is 4.47. The maximum Gasteiger partial charge on any atom is 0.283 e. The molecule has 100 valence electrons. The lowest BCUT2D eigenvalue weighted by Crippen LogP contribution is -2.16. The summed E-state index contributed by atoms with van der Waals surface area (Å²) in [5, 5.41) is 14.4. The fourth-order valence-electron chi connectivity index (χ4n) is 1.69. The Balaban J connectivity index is 2.51. The van der Waals surface area contributed by atoms with Crippen LogP contribution in [0.5, 0.6) is 0 Å². The van der Waals surface area contributed by atoms with E-state index in [-0.39, 0.29) is 10.6 Å². The van der Waals surface area contributed by atoms with E-state index in [0.717, 1.165) is 16.2 Å². The molecule has 8 heteroatoms. The minimum atomic E-state index is -3.81. The summed E-state index contributed by atoms with van der Waals surface area (Å²) in [5.74, 6) is 0. The molecule has 0 unspecified atom stereocenters. The number of nitrogens with zero attached hydrogens (tertiary/aromatic N) is 3. The molecule has 0 aliphatic heterocycles. The lowest BCUT2D eigenvalue weighted by Gasteiger charge is -2.05. The van der Waals surface area contributed by atoms with Gasteiger partial charge in [-0.1, -0.05) is 0 Å². The van der Waals surface area contributed by atoms with Gasteiger partial charge in [0, 0.05) is 12.1 Å². The molecular weight excluding hydrogens is 270 g/mol. The molecule has 0 atom stereocenters. The molecule has 0 saturated carbocycles. The molecule has 0 spiro atoms. The lowest BCUT2D eigenvalue weighted by molar-refractivity contribution is -0.384. The second-order valence-corrected chi connectivity index (χ2v) is 5.79. The van der Waals surface area contributed by atoms with Gasteiger partial charge in [0.2, 0.25) is 0 Å². The van der Waals surface area contributed by atoms with Crippen molar-refractivity contribution in [1.29, 1.82) is 0 Å². The topological polar surface area (TPSA) is 95.1 Å². The highest BCUT2D eigenvalue weighted by atomic mass is 32.2. The number of hydrogen-bond donors (Lipinski definition) is 0. The molecular formula is C11H11N3O4S. The monoisotopic (exact) mass is 281 g/mol. The largest absolute Gasteiger partial charge is 0.283 e. The highest BCUT2D eigenvalue weighted by Gasteiger charge is 2.21. The lowest BCUT2D eigenvalue weighted by atomic mass is 10.3.